The van der Waals surface area contributed by atoms with Gasteiger partial charge in [-0.25, -0.2) is 4.98 Å². The van der Waals surface area contributed by atoms with Crippen LogP contribution in [-0.2, 0) is 4.79 Å². The number of aromatic nitrogens is 1. The van der Waals surface area contributed by atoms with Crippen LogP contribution < -0.4 is 15.8 Å². The fourth-order valence-corrected chi connectivity index (χ4v) is 2.63. The highest BCUT2D eigenvalue weighted by atomic mass is 32.1. The Balaban J connectivity index is 1.97. The number of anilines is 1. The quantitative estimate of drug-likeness (QED) is 0.821. The second kappa shape index (κ2) is 7.91. The highest BCUT2D eigenvalue weighted by Gasteiger charge is 2.09. The normalized spacial score (nSPS) is 12.0. The summed E-state index contributed by atoms with van der Waals surface area (Å²) in [6.07, 6.45) is 1.08. The predicted molar refractivity (Wildman–Crippen MR) is 90.2 cm³/mol. The first-order valence-corrected chi connectivity index (χ1v) is 8.20. The third-order valence-corrected chi connectivity index (χ3v) is 3.80. The lowest BCUT2D eigenvalue weighted by atomic mass is 10.2. The van der Waals surface area contributed by atoms with Crippen LogP contribution in [0.3, 0.4) is 0 Å². The molecule has 0 aliphatic heterocycles. The van der Waals surface area contributed by atoms with Gasteiger partial charge in [-0.15, -0.1) is 11.3 Å². The molecule has 1 aromatic heterocycles. The van der Waals surface area contributed by atoms with Gasteiger partial charge in [-0.05, 0) is 44.5 Å². The first-order valence-electron chi connectivity index (χ1n) is 7.32. The Labute approximate surface area is 134 Å². The van der Waals surface area contributed by atoms with Crippen molar-refractivity contribution in [3.05, 3.63) is 29.6 Å². The molecular formula is C16H21N3O2S. The maximum absolute atomic E-state index is 11.8. The second-order valence-corrected chi connectivity index (χ2v) is 5.92. The van der Waals surface area contributed by atoms with E-state index < -0.39 is 0 Å². The SMILES string of the molecule is CCOc1ccc(-c2csc(NC(=O)CCC(C)N)n2)cc1. The van der Waals surface area contributed by atoms with E-state index in [1.165, 1.54) is 11.3 Å². The van der Waals surface area contributed by atoms with Crippen LogP contribution in [0.1, 0.15) is 26.7 Å². The van der Waals surface area contributed by atoms with Crippen LogP contribution in [0.4, 0.5) is 5.13 Å². The van der Waals surface area contributed by atoms with E-state index >= 15 is 0 Å². The summed E-state index contributed by atoms with van der Waals surface area (Å²) in [6, 6.07) is 7.78. The summed E-state index contributed by atoms with van der Waals surface area (Å²) in [5, 5.41) is 5.34. The second-order valence-electron chi connectivity index (χ2n) is 5.06. The zero-order valence-corrected chi connectivity index (χ0v) is 13.7. The highest BCUT2D eigenvalue weighted by molar-refractivity contribution is 7.14. The van der Waals surface area contributed by atoms with Crippen molar-refractivity contribution in [2.45, 2.75) is 32.7 Å². The molecule has 1 heterocycles. The number of nitrogens with one attached hydrogen (secondary N) is 1. The molecule has 0 spiro atoms. The van der Waals surface area contributed by atoms with Crippen LogP contribution in [0.15, 0.2) is 29.6 Å². The molecule has 22 heavy (non-hydrogen) atoms. The smallest absolute Gasteiger partial charge is 0.226 e. The summed E-state index contributed by atoms with van der Waals surface area (Å²) in [6.45, 7) is 4.49. The highest BCUT2D eigenvalue weighted by Crippen LogP contribution is 2.26. The number of thiazole rings is 1. The molecule has 0 aliphatic carbocycles. The molecule has 1 unspecified atom stereocenters. The molecule has 2 aromatic rings. The number of hydrogen-bond acceptors (Lipinski definition) is 5. The third-order valence-electron chi connectivity index (χ3n) is 3.04. The van der Waals surface area contributed by atoms with Crippen LogP contribution in [0.5, 0.6) is 5.75 Å². The van der Waals surface area contributed by atoms with E-state index in [2.05, 4.69) is 10.3 Å². The Kier molecular flexibility index (Phi) is 5.91. The Morgan fingerprint density at radius 2 is 2.14 bits per heavy atom. The van der Waals surface area contributed by atoms with E-state index in [0.29, 0.717) is 24.6 Å². The van der Waals surface area contributed by atoms with Crippen molar-refractivity contribution in [3.8, 4) is 17.0 Å². The van der Waals surface area contributed by atoms with E-state index in [1.807, 2.05) is 43.5 Å². The Morgan fingerprint density at radius 3 is 2.77 bits per heavy atom. The first-order chi connectivity index (χ1) is 10.6. The lowest BCUT2D eigenvalue weighted by Crippen LogP contribution is -2.19. The Hall–Kier alpha value is -1.92. The van der Waals surface area contributed by atoms with E-state index in [-0.39, 0.29) is 11.9 Å². The zero-order chi connectivity index (χ0) is 15.9. The average Bonchev–Trinajstić information content (AvgIpc) is 2.95. The molecule has 0 radical (unpaired) electrons. The van der Waals surface area contributed by atoms with Crippen molar-refractivity contribution in [1.82, 2.24) is 4.98 Å². The topological polar surface area (TPSA) is 77.2 Å². The van der Waals surface area contributed by atoms with Gasteiger partial charge >= 0.3 is 0 Å². The number of benzene rings is 1. The fraction of sp³-hybridized carbons (Fsp3) is 0.375. The van der Waals surface area contributed by atoms with Crippen molar-refractivity contribution in [1.29, 1.82) is 0 Å². The largest absolute Gasteiger partial charge is 0.494 e. The third kappa shape index (κ3) is 4.82. The van der Waals surface area contributed by atoms with E-state index in [0.717, 1.165) is 17.0 Å². The van der Waals surface area contributed by atoms with Crippen molar-refractivity contribution in [2.75, 3.05) is 11.9 Å². The van der Waals surface area contributed by atoms with Gasteiger partial charge in [0.05, 0.1) is 12.3 Å². The van der Waals surface area contributed by atoms with Crippen molar-refractivity contribution in [3.63, 3.8) is 0 Å². The fourth-order valence-electron chi connectivity index (χ4n) is 1.89. The molecule has 6 heteroatoms. The number of carbonyl (C=O) groups excluding carboxylic acids is 1. The minimum atomic E-state index is -0.0510. The van der Waals surface area contributed by atoms with Crippen LogP contribution in [0.25, 0.3) is 11.3 Å². The van der Waals surface area contributed by atoms with Gasteiger partial charge in [0.1, 0.15) is 5.75 Å². The number of nitrogens with two attached hydrogens (primary N) is 1. The van der Waals surface area contributed by atoms with E-state index in [4.69, 9.17) is 10.5 Å². The summed E-state index contributed by atoms with van der Waals surface area (Å²) >= 11 is 1.42. The van der Waals surface area contributed by atoms with Gasteiger partial charge in [0.2, 0.25) is 5.91 Å². The Morgan fingerprint density at radius 1 is 1.41 bits per heavy atom. The molecule has 5 nitrogen and oxygen atoms in total. The van der Waals surface area contributed by atoms with Crippen LogP contribution in [-0.4, -0.2) is 23.5 Å². The minimum Gasteiger partial charge on any atom is -0.494 e. The molecule has 2 rings (SSSR count). The lowest BCUT2D eigenvalue weighted by molar-refractivity contribution is -0.116. The van der Waals surface area contributed by atoms with Gasteiger partial charge in [0, 0.05) is 23.4 Å². The summed E-state index contributed by atoms with van der Waals surface area (Å²) in [4.78, 5) is 16.2. The molecule has 1 atom stereocenters. The van der Waals surface area contributed by atoms with Crippen molar-refractivity contribution < 1.29 is 9.53 Å². The number of hydrogen-bond donors (Lipinski definition) is 2. The molecule has 0 bridgehead atoms. The Bertz CT molecular complexity index is 608. The summed E-state index contributed by atoms with van der Waals surface area (Å²) in [5.74, 6) is 0.788. The standard InChI is InChI=1S/C16H21N3O2S/c1-3-21-13-7-5-12(6-8-13)14-10-22-16(18-14)19-15(20)9-4-11(2)17/h5-8,10-11H,3-4,9,17H2,1-2H3,(H,18,19,20). The minimum absolute atomic E-state index is 0.0291. The molecule has 3 N–H and O–H groups in total. The van der Waals surface area contributed by atoms with Gasteiger partial charge < -0.3 is 15.8 Å². The average molecular weight is 319 g/mol. The molecular weight excluding hydrogens is 298 g/mol. The van der Waals surface area contributed by atoms with Crippen molar-refractivity contribution in [2.24, 2.45) is 5.73 Å². The lowest BCUT2D eigenvalue weighted by Gasteiger charge is -2.04. The number of amides is 1. The van der Waals surface area contributed by atoms with Gasteiger partial charge in [0.15, 0.2) is 5.13 Å². The maximum Gasteiger partial charge on any atom is 0.226 e. The first kappa shape index (κ1) is 16.5. The summed E-state index contributed by atoms with van der Waals surface area (Å²) < 4.78 is 5.42. The molecule has 0 saturated carbocycles. The molecule has 1 aromatic carbocycles. The monoisotopic (exact) mass is 319 g/mol. The number of carbonyl (C=O) groups is 1. The molecule has 0 aliphatic rings. The van der Waals surface area contributed by atoms with Crippen LogP contribution in [0.2, 0.25) is 0 Å². The number of nitrogens with zero attached hydrogens (tertiary/aromatic N) is 1. The van der Waals surface area contributed by atoms with E-state index in [1.54, 1.807) is 0 Å². The predicted octanol–water partition coefficient (Wildman–Crippen LogP) is 3.27. The van der Waals surface area contributed by atoms with Crippen molar-refractivity contribution >= 4 is 22.4 Å². The van der Waals surface area contributed by atoms with E-state index in [9.17, 15) is 4.79 Å². The maximum atomic E-state index is 11.8. The molecule has 0 fully saturated rings. The van der Waals surface area contributed by atoms with Gasteiger partial charge in [-0.2, -0.15) is 0 Å². The van der Waals surface area contributed by atoms with Gasteiger partial charge in [-0.3, -0.25) is 4.79 Å². The summed E-state index contributed by atoms with van der Waals surface area (Å²) in [7, 11) is 0. The molecule has 0 saturated heterocycles. The summed E-state index contributed by atoms with van der Waals surface area (Å²) in [5.41, 5.74) is 7.48. The van der Waals surface area contributed by atoms with Gasteiger partial charge in [0.25, 0.3) is 0 Å². The molecule has 118 valence electrons. The van der Waals surface area contributed by atoms with Crippen LogP contribution >= 0.6 is 11.3 Å². The van der Waals surface area contributed by atoms with Crippen LogP contribution in [0, 0.1) is 0 Å². The molecule has 1 amide bonds. The van der Waals surface area contributed by atoms with Gasteiger partial charge in [-0.1, -0.05) is 0 Å². The zero-order valence-electron chi connectivity index (χ0n) is 12.8. The number of ether oxygens (including phenoxy) is 1. The number of rotatable bonds is 7.